The fourth-order valence-corrected chi connectivity index (χ4v) is 1.34. The molecule has 94 valence electrons. The van der Waals surface area contributed by atoms with E-state index in [0.717, 1.165) is 13.0 Å². The minimum absolute atomic E-state index is 0.256. The van der Waals surface area contributed by atoms with Gasteiger partial charge in [-0.15, -0.1) is 0 Å². The standard InChI is InChI=1S/C10H17N5O2/c1-13-5-3-2-4-8-6-9(15(16)17)10(11,12)14-7-8/h2,4,6-7,13-14H,3,5,11-12H2,1H3. The van der Waals surface area contributed by atoms with Crippen LogP contribution in [0.2, 0.25) is 0 Å². The van der Waals surface area contributed by atoms with E-state index in [1.165, 1.54) is 6.08 Å². The lowest BCUT2D eigenvalue weighted by Gasteiger charge is -2.24. The zero-order chi connectivity index (χ0) is 12.9. The van der Waals surface area contributed by atoms with Gasteiger partial charge in [-0.2, -0.15) is 0 Å². The summed E-state index contributed by atoms with van der Waals surface area (Å²) in [6.45, 7) is 0.848. The Hall–Kier alpha value is -1.70. The van der Waals surface area contributed by atoms with Gasteiger partial charge in [-0.05, 0) is 25.6 Å². The molecule has 0 amide bonds. The van der Waals surface area contributed by atoms with Crippen LogP contribution in [-0.4, -0.2) is 24.3 Å². The van der Waals surface area contributed by atoms with Crippen molar-refractivity contribution >= 4 is 0 Å². The summed E-state index contributed by atoms with van der Waals surface area (Å²) in [4.78, 5) is 10.2. The Balaban J connectivity index is 2.75. The Morgan fingerprint density at radius 3 is 2.94 bits per heavy atom. The van der Waals surface area contributed by atoms with Crippen molar-refractivity contribution in [3.63, 3.8) is 0 Å². The van der Waals surface area contributed by atoms with E-state index in [4.69, 9.17) is 11.5 Å². The molecule has 0 bridgehead atoms. The van der Waals surface area contributed by atoms with Crippen LogP contribution in [0, 0.1) is 10.1 Å². The first-order valence-electron chi connectivity index (χ1n) is 5.20. The molecule has 0 aromatic heterocycles. The third kappa shape index (κ3) is 3.66. The summed E-state index contributed by atoms with van der Waals surface area (Å²) in [5.41, 5.74) is 11.5. The molecule has 0 unspecified atom stereocenters. The number of dihydropyridines is 1. The molecule has 6 N–H and O–H groups in total. The largest absolute Gasteiger partial charge is 0.352 e. The van der Waals surface area contributed by atoms with E-state index in [1.54, 1.807) is 12.3 Å². The molecule has 7 nitrogen and oxygen atoms in total. The summed E-state index contributed by atoms with van der Waals surface area (Å²) in [5.74, 6) is -1.62. The van der Waals surface area contributed by atoms with E-state index >= 15 is 0 Å². The molecule has 1 heterocycles. The minimum Gasteiger partial charge on any atom is -0.352 e. The van der Waals surface area contributed by atoms with Gasteiger partial charge in [-0.1, -0.05) is 12.2 Å². The van der Waals surface area contributed by atoms with Gasteiger partial charge in [-0.3, -0.25) is 21.6 Å². The van der Waals surface area contributed by atoms with E-state index in [1.807, 2.05) is 13.1 Å². The van der Waals surface area contributed by atoms with Crippen molar-refractivity contribution in [2.24, 2.45) is 11.5 Å². The number of nitrogens with two attached hydrogens (primary N) is 2. The summed E-state index contributed by atoms with van der Waals surface area (Å²) >= 11 is 0. The van der Waals surface area contributed by atoms with Crippen LogP contribution in [0.4, 0.5) is 0 Å². The monoisotopic (exact) mass is 239 g/mol. The molecule has 0 aliphatic carbocycles. The van der Waals surface area contributed by atoms with Crippen molar-refractivity contribution in [2.45, 2.75) is 12.2 Å². The molecule has 0 fully saturated rings. The molecule has 0 saturated carbocycles. The van der Waals surface area contributed by atoms with Crippen molar-refractivity contribution in [2.75, 3.05) is 13.6 Å². The first-order chi connectivity index (χ1) is 7.97. The van der Waals surface area contributed by atoms with Crippen LogP contribution in [0.1, 0.15) is 6.42 Å². The Morgan fingerprint density at radius 1 is 1.65 bits per heavy atom. The lowest BCUT2D eigenvalue weighted by molar-refractivity contribution is -0.436. The molecule has 0 spiro atoms. The van der Waals surface area contributed by atoms with Crippen LogP contribution in [0.25, 0.3) is 0 Å². The van der Waals surface area contributed by atoms with Gasteiger partial charge in [0.15, 0.2) is 0 Å². The Kier molecular flexibility index (Phi) is 4.38. The quantitative estimate of drug-likeness (QED) is 0.219. The Morgan fingerprint density at radius 2 is 2.35 bits per heavy atom. The SMILES string of the molecule is CNCCC=CC1=CNC(N)(N)C([N+](=O)[O-])=C1. The Labute approximate surface area is 99.4 Å². The third-order valence-corrected chi connectivity index (χ3v) is 2.27. The highest BCUT2D eigenvalue weighted by Crippen LogP contribution is 2.16. The van der Waals surface area contributed by atoms with E-state index in [-0.39, 0.29) is 5.70 Å². The lowest BCUT2D eigenvalue weighted by atomic mass is 10.1. The van der Waals surface area contributed by atoms with Crippen LogP contribution in [0.5, 0.6) is 0 Å². The van der Waals surface area contributed by atoms with E-state index in [2.05, 4.69) is 10.6 Å². The molecule has 1 aliphatic rings. The molecule has 1 aliphatic heterocycles. The summed E-state index contributed by atoms with van der Waals surface area (Å²) in [7, 11) is 1.86. The number of nitrogens with one attached hydrogen (secondary N) is 2. The van der Waals surface area contributed by atoms with Crippen LogP contribution in [-0.2, 0) is 0 Å². The highest BCUT2D eigenvalue weighted by molar-refractivity contribution is 5.37. The molecular formula is C10H17N5O2. The van der Waals surface area contributed by atoms with Crippen LogP contribution in [0.15, 0.2) is 35.7 Å². The number of rotatable bonds is 5. The molecule has 0 aromatic rings. The second-order valence-electron chi connectivity index (χ2n) is 3.74. The topological polar surface area (TPSA) is 119 Å². The zero-order valence-electron chi connectivity index (χ0n) is 9.64. The number of hydrogen-bond acceptors (Lipinski definition) is 6. The predicted molar refractivity (Wildman–Crippen MR) is 65.1 cm³/mol. The van der Waals surface area contributed by atoms with Gasteiger partial charge in [0.2, 0.25) is 5.79 Å². The average Bonchev–Trinajstić information content (AvgIpc) is 2.25. The number of nitro groups is 1. The highest BCUT2D eigenvalue weighted by atomic mass is 16.6. The van der Waals surface area contributed by atoms with Crippen LogP contribution in [0.3, 0.4) is 0 Å². The van der Waals surface area contributed by atoms with Gasteiger partial charge in [0.25, 0.3) is 0 Å². The van der Waals surface area contributed by atoms with Crippen molar-refractivity contribution in [1.29, 1.82) is 0 Å². The molecule has 1 rings (SSSR count). The van der Waals surface area contributed by atoms with Gasteiger partial charge >= 0.3 is 5.70 Å². The average molecular weight is 239 g/mol. The van der Waals surface area contributed by atoms with E-state index in [0.29, 0.717) is 5.57 Å². The first-order valence-corrected chi connectivity index (χ1v) is 5.20. The highest BCUT2D eigenvalue weighted by Gasteiger charge is 2.36. The predicted octanol–water partition coefficient (Wildman–Crippen LogP) is -0.629. The second kappa shape index (κ2) is 5.58. The summed E-state index contributed by atoms with van der Waals surface area (Å²) in [5, 5.41) is 16.4. The summed E-state index contributed by atoms with van der Waals surface area (Å²) in [6.07, 6.45) is 7.46. The maximum Gasteiger partial charge on any atom is 0.301 e. The van der Waals surface area contributed by atoms with Crippen LogP contribution >= 0.6 is 0 Å². The number of nitrogens with zero attached hydrogens (tertiary/aromatic N) is 1. The lowest BCUT2D eigenvalue weighted by Crippen LogP contribution is -2.63. The van der Waals surface area contributed by atoms with Gasteiger partial charge in [0.1, 0.15) is 0 Å². The third-order valence-electron chi connectivity index (χ3n) is 2.27. The molecule has 17 heavy (non-hydrogen) atoms. The molecule has 7 heteroatoms. The molecule has 0 atom stereocenters. The van der Waals surface area contributed by atoms with E-state index < -0.39 is 10.7 Å². The molecule has 0 radical (unpaired) electrons. The summed E-state index contributed by atoms with van der Waals surface area (Å²) in [6, 6.07) is 0. The van der Waals surface area contributed by atoms with Crippen LogP contribution < -0.4 is 22.1 Å². The van der Waals surface area contributed by atoms with Gasteiger partial charge in [-0.25, -0.2) is 0 Å². The smallest absolute Gasteiger partial charge is 0.301 e. The fourth-order valence-electron chi connectivity index (χ4n) is 1.34. The molecular weight excluding hydrogens is 222 g/mol. The van der Waals surface area contributed by atoms with E-state index in [9.17, 15) is 10.1 Å². The second-order valence-corrected chi connectivity index (χ2v) is 3.74. The van der Waals surface area contributed by atoms with Crippen molar-refractivity contribution in [1.82, 2.24) is 10.6 Å². The molecule has 0 aromatic carbocycles. The first kappa shape index (κ1) is 13.4. The van der Waals surface area contributed by atoms with Crippen molar-refractivity contribution < 1.29 is 4.92 Å². The van der Waals surface area contributed by atoms with Gasteiger partial charge in [0, 0.05) is 12.3 Å². The maximum absolute atomic E-state index is 10.8. The fraction of sp³-hybridized carbons (Fsp3) is 0.400. The van der Waals surface area contributed by atoms with Crippen molar-refractivity contribution in [3.8, 4) is 0 Å². The van der Waals surface area contributed by atoms with Gasteiger partial charge in [0.05, 0.1) is 4.92 Å². The molecule has 0 saturated heterocycles. The van der Waals surface area contributed by atoms with Gasteiger partial charge < -0.3 is 10.6 Å². The Bertz CT molecular complexity index is 384. The zero-order valence-corrected chi connectivity index (χ0v) is 9.64. The summed E-state index contributed by atoms with van der Waals surface area (Å²) < 4.78 is 0. The van der Waals surface area contributed by atoms with Crippen molar-refractivity contribution in [3.05, 3.63) is 45.8 Å². The minimum atomic E-state index is -1.62. The number of allylic oxidation sites excluding steroid dienone is 3. The number of hydrogen-bond donors (Lipinski definition) is 4. The normalized spacial score (nSPS) is 18.5. The maximum atomic E-state index is 10.8.